The number of nitrogens with zero attached hydrogens (tertiary/aromatic N) is 4. The number of aromatic nitrogens is 4. The molecule has 0 bridgehead atoms. The van der Waals surface area contributed by atoms with Crippen molar-refractivity contribution in [3.05, 3.63) is 131 Å². The van der Waals surface area contributed by atoms with Crippen molar-refractivity contribution >= 4 is 21.8 Å². The van der Waals surface area contributed by atoms with Crippen LogP contribution in [0.15, 0.2) is 91.4 Å². The van der Waals surface area contributed by atoms with Crippen LogP contribution in [0.25, 0.3) is 44.4 Å². The first kappa shape index (κ1) is 32.5. The van der Waals surface area contributed by atoms with Gasteiger partial charge in [-0.1, -0.05) is 57.5 Å². The molecule has 0 radical (unpaired) electrons. The maximum absolute atomic E-state index is 6.41. The van der Waals surface area contributed by atoms with Crippen molar-refractivity contribution in [3.8, 4) is 34.1 Å². The molecule has 0 saturated carbocycles. The Kier molecular flexibility index (Phi) is 9.21. The van der Waals surface area contributed by atoms with E-state index in [0.29, 0.717) is 17.4 Å². The fraction of sp³-hybridized carbons (Fsp3) is 0.220. The molecule has 0 aliphatic rings. The number of ether oxygens (including phenoxy) is 1. The molecule has 4 aromatic carbocycles. The summed E-state index contributed by atoms with van der Waals surface area (Å²) in [6.45, 7) is 13.3. The molecule has 0 amide bonds. The molecule has 238 valence electrons. The van der Waals surface area contributed by atoms with E-state index in [4.69, 9.17) is 14.8 Å². The maximum Gasteiger partial charge on any atom is 2.00 e. The minimum absolute atomic E-state index is 0. The normalized spacial score (nSPS) is 11.4. The van der Waals surface area contributed by atoms with E-state index in [-0.39, 0.29) is 21.1 Å². The summed E-state index contributed by atoms with van der Waals surface area (Å²) in [6, 6.07) is 32.0. The molecule has 0 aliphatic heterocycles. The summed E-state index contributed by atoms with van der Waals surface area (Å²) in [7, 11) is 0. The molecule has 0 spiro atoms. The van der Waals surface area contributed by atoms with Gasteiger partial charge in [-0.15, -0.1) is 35.7 Å². The molecule has 5 nitrogen and oxygen atoms in total. The molecule has 6 heteroatoms. The molecule has 3 heterocycles. The van der Waals surface area contributed by atoms with Crippen molar-refractivity contribution < 1.29 is 25.8 Å². The van der Waals surface area contributed by atoms with Crippen LogP contribution >= 0.6 is 0 Å². The van der Waals surface area contributed by atoms with Gasteiger partial charge in [-0.25, -0.2) is 4.98 Å². The van der Waals surface area contributed by atoms with E-state index >= 15 is 0 Å². The zero-order valence-electron chi connectivity index (χ0n) is 27.7. The van der Waals surface area contributed by atoms with Crippen molar-refractivity contribution in [1.29, 1.82) is 0 Å². The molecular formula is C41H38N4OPt. The third-order valence-electron chi connectivity index (χ3n) is 9.01. The van der Waals surface area contributed by atoms with Crippen LogP contribution in [0.2, 0.25) is 0 Å². The monoisotopic (exact) mass is 797 g/mol. The van der Waals surface area contributed by atoms with Gasteiger partial charge >= 0.3 is 21.1 Å². The predicted octanol–water partition coefficient (Wildman–Crippen LogP) is 10.3. The first-order chi connectivity index (χ1) is 22.4. The van der Waals surface area contributed by atoms with Gasteiger partial charge in [-0.05, 0) is 95.3 Å². The number of fused-ring (bicyclic) bond motifs is 3. The summed E-state index contributed by atoms with van der Waals surface area (Å²) in [5, 5.41) is 7.02. The summed E-state index contributed by atoms with van der Waals surface area (Å²) in [4.78, 5) is 4.76. The second kappa shape index (κ2) is 13.3. The Morgan fingerprint density at radius 2 is 1.55 bits per heavy atom. The number of rotatable bonds is 8. The van der Waals surface area contributed by atoms with Gasteiger partial charge in [0.05, 0.1) is 6.20 Å². The molecule has 0 atom stereocenters. The number of aryl methyl sites for hydroxylation is 2. The SMILES string of the molecule is CCc1c(C)cc(C)c(CC)c1-c1cnn(-c2[c-]c(Oc3[c-]c4c(cc3)c3ccccc3n4-c3cc(C(C)C)ccn3)ccc2)c1.[Pt+2]. The van der Waals surface area contributed by atoms with Crippen LogP contribution in [0.5, 0.6) is 11.5 Å². The minimum Gasteiger partial charge on any atom is -0.509 e. The predicted molar refractivity (Wildman–Crippen MR) is 188 cm³/mol. The Morgan fingerprint density at radius 3 is 2.30 bits per heavy atom. The third kappa shape index (κ3) is 5.94. The molecule has 0 fully saturated rings. The van der Waals surface area contributed by atoms with E-state index < -0.39 is 0 Å². The van der Waals surface area contributed by atoms with Crippen LogP contribution < -0.4 is 4.74 Å². The quantitative estimate of drug-likeness (QED) is 0.144. The molecule has 7 rings (SSSR count). The van der Waals surface area contributed by atoms with Gasteiger partial charge in [0.1, 0.15) is 5.82 Å². The first-order valence-corrected chi connectivity index (χ1v) is 16.2. The molecule has 0 saturated heterocycles. The number of para-hydroxylation sites is 1. The Labute approximate surface area is 291 Å². The van der Waals surface area contributed by atoms with E-state index in [0.717, 1.165) is 51.7 Å². The minimum atomic E-state index is 0. The van der Waals surface area contributed by atoms with Crippen molar-refractivity contribution in [2.75, 3.05) is 0 Å². The van der Waals surface area contributed by atoms with Crippen LogP contribution in [0.4, 0.5) is 0 Å². The topological polar surface area (TPSA) is 44.9 Å². The van der Waals surface area contributed by atoms with Crippen molar-refractivity contribution in [3.63, 3.8) is 0 Å². The fourth-order valence-electron chi connectivity index (χ4n) is 6.75. The van der Waals surface area contributed by atoms with Crippen molar-refractivity contribution in [1.82, 2.24) is 19.3 Å². The van der Waals surface area contributed by atoms with Gasteiger partial charge < -0.3 is 9.30 Å². The molecule has 7 aromatic rings. The van der Waals surface area contributed by atoms with E-state index in [1.165, 1.54) is 33.4 Å². The van der Waals surface area contributed by atoms with Crippen LogP contribution in [0.3, 0.4) is 0 Å². The standard InChI is InChI=1S/C41H38N4O.Pt/c1-7-34-27(5)20-28(6)35(8-2)41(34)30-24-43-44(25-30)31-12-11-13-32(22-31)46-33-16-17-37-36-14-9-10-15-38(36)45(39(37)23-33)40-21-29(26(3)4)18-19-42-40;/h9-21,24-26H,7-8H2,1-6H3;/q-2;+2. The smallest absolute Gasteiger partial charge is 0.509 e. The Morgan fingerprint density at radius 1 is 0.809 bits per heavy atom. The molecule has 0 N–H and O–H groups in total. The van der Waals surface area contributed by atoms with Crippen molar-refractivity contribution in [2.24, 2.45) is 0 Å². The van der Waals surface area contributed by atoms with Gasteiger partial charge in [-0.2, -0.15) is 17.2 Å². The zero-order chi connectivity index (χ0) is 31.9. The van der Waals surface area contributed by atoms with Gasteiger partial charge in [-0.3, -0.25) is 4.68 Å². The van der Waals surface area contributed by atoms with Gasteiger partial charge in [0.2, 0.25) is 0 Å². The molecule has 0 unspecified atom stereocenters. The van der Waals surface area contributed by atoms with Crippen molar-refractivity contribution in [2.45, 2.75) is 60.3 Å². The summed E-state index contributed by atoms with van der Waals surface area (Å²) >= 11 is 0. The van der Waals surface area contributed by atoms with E-state index in [2.05, 4.69) is 113 Å². The van der Waals surface area contributed by atoms with Crippen LogP contribution in [-0.4, -0.2) is 19.3 Å². The van der Waals surface area contributed by atoms with E-state index in [9.17, 15) is 0 Å². The van der Waals surface area contributed by atoms with Gasteiger partial charge in [0.25, 0.3) is 0 Å². The largest absolute Gasteiger partial charge is 2.00 e. The Bertz CT molecular complexity index is 2200. The summed E-state index contributed by atoms with van der Waals surface area (Å²) in [5.41, 5.74) is 11.9. The Balaban J connectivity index is 0.00000386. The first-order valence-electron chi connectivity index (χ1n) is 16.2. The number of hydrogen-bond donors (Lipinski definition) is 0. The molecule has 3 aromatic heterocycles. The average Bonchev–Trinajstić information content (AvgIpc) is 3.68. The third-order valence-corrected chi connectivity index (χ3v) is 9.01. The van der Waals surface area contributed by atoms with Crippen LogP contribution in [0.1, 0.15) is 61.4 Å². The summed E-state index contributed by atoms with van der Waals surface area (Å²) < 4.78 is 10.5. The second-order valence-electron chi connectivity index (χ2n) is 12.3. The second-order valence-corrected chi connectivity index (χ2v) is 12.3. The molecule has 0 aliphatic carbocycles. The fourth-order valence-corrected chi connectivity index (χ4v) is 6.75. The molecule has 47 heavy (non-hydrogen) atoms. The zero-order valence-corrected chi connectivity index (χ0v) is 29.9. The number of pyridine rings is 1. The van der Waals surface area contributed by atoms with Crippen LogP contribution in [0, 0.1) is 26.0 Å². The number of hydrogen-bond acceptors (Lipinski definition) is 3. The van der Waals surface area contributed by atoms with Gasteiger partial charge in [0.15, 0.2) is 0 Å². The summed E-state index contributed by atoms with van der Waals surface area (Å²) in [6.07, 6.45) is 7.93. The Hall–Kier alpha value is -4.47. The summed E-state index contributed by atoms with van der Waals surface area (Å²) in [5.74, 6) is 2.48. The molecular weight excluding hydrogens is 760 g/mol. The van der Waals surface area contributed by atoms with E-state index in [1.807, 2.05) is 41.3 Å². The van der Waals surface area contributed by atoms with E-state index in [1.54, 1.807) is 0 Å². The number of benzene rings is 4. The van der Waals surface area contributed by atoms with Gasteiger partial charge in [0, 0.05) is 35.0 Å². The maximum atomic E-state index is 6.41. The average molecular weight is 798 g/mol. The van der Waals surface area contributed by atoms with Crippen LogP contribution in [-0.2, 0) is 33.9 Å².